The molecule has 0 bridgehead atoms. The van der Waals surface area contributed by atoms with Crippen LogP contribution in [-0.4, -0.2) is 24.1 Å². The van der Waals surface area contributed by atoms with Gasteiger partial charge in [-0.05, 0) is 18.6 Å². The van der Waals surface area contributed by atoms with Crippen LogP contribution in [0.15, 0.2) is 48.7 Å². The minimum absolute atomic E-state index is 0.210. The van der Waals surface area contributed by atoms with Gasteiger partial charge in [-0.2, -0.15) is 0 Å². The summed E-state index contributed by atoms with van der Waals surface area (Å²) >= 11 is 0. The summed E-state index contributed by atoms with van der Waals surface area (Å²) < 4.78 is 10.5. The van der Waals surface area contributed by atoms with Crippen molar-refractivity contribution in [3.05, 3.63) is 54.2 Å². The third-order valence-corrected chi connectivity index (χ3v) is 2.93. The highest BCUT2D eigenvalue weighted by Gasteiger charge is 2.13. The molecule has 110 valence electrons. The summed E-state index contributed by atoms with van der Waals surface area (Å²) in [6.07, 6.45) is 0.994. The Labute approximate surface area is 123 Å². The second-order valence-corrected chi connectivity index (χ2v) is 4.52. The van der Waals surface area contributed by atoms with Gasteiger partial charge in [0.15, 0.2) is 0 Å². The molecule has 2 rings (SSSR count). The van der Waals surface area contributed by atoms with Crippen LogP contribution in [0.5, 0.6) is 5.88 Å². The lowest BCUT2D eigenvalue weighted by molar-refractivity contribution is -0.127. The molecule has 0 aliphatic carbocycles. The molecule has 0 aliphatic heterocycles. The Morgan fingerprint density at radius 3 is 2.62 bits per heavy atom. The zero-order valence-electron chi connectivity index (χ0n) is 12.1. The predicted octanol–water partition coefficient (Wildman–Crippen LogP) is 2.63. The molecule has 0 saturated heterocycles. The molecule has 0 saturated carbocycles. The van der Waals surface area contributed by atoms with Crippen molar-refractivity contribution >= 4 is 11.6 Å². The maximum Gasteiger partial charge on any atom is 0.253 e. The molecule has 0 radical (unpaired) electrons. The van der Waals surface area contributed by atoms with Crippen LogP contribution in [0.2, 0.25) is 0 Å². The molecule has 0 aliphatic rings. The number of carbonyl (C=O) groups is 1. The van der Waals surface area contributed by atoms with Gasteiger partial charge in [0.05, 0.1) is 25.6 Å². The van der Waals surface area contributed by atoms with Crippen molar-refractivity contribution in [3.63, 3.8) is 0 Å². The van der Waals surface area contributed by atoms with Crippen molar-refractivity contribution in [1.82, 2.24) is 4.98 Å². The van der Waals surface area contributed by atoms with Crippen LogP contribution in [0, 0.1) is 0 Å². The third-order valence-electron chi connectivity index (χ3n) is 2.93. The number of pyridine rings is 1. The first-order chi connectivity index (χ1) is 10.2. The quantitative estimate of drug-likeness (QED) is 0.886. The number of rotatable bonds is 6. The number of nitrogens with zero attached hydrogens (tertiary/aromatic N) is 1. The van der Waals surface area contributed by atoms with Crippen LogP contribution in [0.4, 0.5) is 5.69 Å². The second-order valence-electron chi connectivity index (χ2n) is 4.52. The van der Waals surface area contributed by atoms with Gasteiger partial charge in [0.1, 0.15) is 6.10 Å². The molecule has 1 N–H and O–H groups in total. The van der Waals surface area contributed by atoms with Gasteiger partial charge in [0, 0.05) is 6.07 Å². The first-order valence-corrected chi connectivity index (χ1v) is 6.65. The molecule has 5 nitrogen and oxygen atoms in total. The minimum Gasteiger partial charge on any atom is -0.481 e. The Morgan fingerprint density at radius 1 is 1.24 bits per heavy atom. The number of nitrogens with one attached hydrogen (secondary N) is 1. The van der Waals surface area contributed by atoms with E-state index >= 15 is 0 Å². The Kier molecular flexibility index (Phi) is 5.29. The molecule has 5 heteroatoms. The fourth-order valence-electron chi connectivity index (χ4n) is 1.69. The van der Waals surface area contributed by atoms with E-state index in [4.69, 9.17) is 9.47 Å². The SMILES string of the molecule is COc1ccc(NC(=O)C(C)OCc2ccccc2)cn1. The van der Waals surface area contributed by atoms with Gasteiger partial charge in [0.25, 0.3) is 5.91 Å². The lowest BCUT2D eigenvalue weighted by Gasteiger charge is -2.13. The van der Waals surface area contributed by atoms with Gasteiger partial charge in [-0.1, -0.05) is 30.3 Å². The van der Waals surface area contributed by atoms with Crippen LogP contribution in [-0.2, 0) is 16.1 Å². The molecular weight excluding hydrogens is 268 g/mol. The van der Waals surface area contributed by atoms with Gasteiger partial charge >= 0.3 is 0 Å². The zero-order valence-corrected chi connectivity index (χ0v) is 12.1. The van der Waals surface area contributed by atoms with Gasteiger partial charge in [-0.3, -0.25) is 4.79 Å². The summed E-state index contributed by atoms with van der Waals surface area (Å²) in [4.78, 5) is 16.0. The Hall–Kier alpha value is -2.40. The maximum atomic E-state index is 12.0. The number of carbonyl (C=O) groups excluding carboxylic acids is 1. The van der Waals surface area contributed by atoms with Crippen molar-refractivity contribution in [2.75, 3.05) is 12.4 Å². The lowest BCUT2D eigenvalue weighted by atomic mass is 10.2. The third kappa shape index (κ3) is 4.57. The number of ether oxygens (including phenoxy) is 2. The molecule has 1 aromatic carbocycles. The second kappa shape index (κ2) is 7.40. The maximum absolute atomic E-state index is 12.0. The van der Waals surface area contributed by atoms with E-state index in [0.717, 1.165) is 5.56 Å². The first-order valence-electron chi connectivity index (χ1n) is 6.65. The molecule has 1 heterocycles. The van der Waals surface area contributed by atoms with Gasteiger partial charge in [0.2, 0.25) is 5.88 Å². The van der Waals surface area contributed by atoms with E-state index in [1.807, 2.05) is 30.3 Å². The lowest BCUT2D eigenvalue weighted by Crippen LogP contribution is -2.27. The molecule has 1 atom stereocenters. The molecule has 1 unspecified atom stereocenters. The largest absolute Gasteiger partial charge is 0.481 e. The van der Waals surface area contributed by atoms with E-state index in [1.165, 1.54) is 0 Å². The van der Waals surface area contributed by atoms with Crippen LogP contribution >= 0.6 is 0 Å². The van der Waals surface area contributed by atoms with Crippen LogP contribution in [0.25, 0.3) is 0 Å². The number of amides is 1. The molecule has 2 aromatic rings. The highest BCUT2D eigenvalue weighted by Crippen LogP contribution is 2.12. The van der Waals surface area contributed by atoms with E-state index in [0.29, 0.717) is 18.2 Å². The fraction of sp³-hybridized carbons (Fsp3) is 0.250. The Balaban J connectivity index is 1.84. The summed E-state index contributed by atoms with van der Waals surface area (Å²) in [6.45, 7) is 2.12. The highest BCUT2D eigenvalue weighted by molar-refractivity contribution is 5.93. The number of benzene rings is 1. The molecular formula is C16H18N2O3. The van der Waals surface area contributed by atoms with Crippen molar-refractivity contribution in [3.8, 4) is 5.88 Å². The monoisotopic (exact) mass is 286 g/mol. The highest BCUT2D eigenvalue weighted by atomic mass is 16.5. The minimum atomic E-state index is -0.549. The molecule has 1 aromatic heterocycles. The number of anilines is 1. The average Bonchev–Trinajstić information content (AvgIpc) is 2.54. The summed E-state index contributed by atoms with van der Waals surface area (Å²) in [5.41, 5.74) is 1.64. The van der Waals surface area contributed by atoms with Gasteiger partial charge < -0.3 is 14.8 Å². The summed E-state index contributed by atoms with van der Waals surface area (Å²) in [6, 6.07) is 13.1. The van der Waals surface area contributed by atoms with Crippen LogP contribution < -0.4 is 10.1 Å². The average molecular weight is 286 g/mol. The van der Waals surface area contributed by atoms with E-state index in [1.54, 1.807) is 32.4 Å². The van der Waals surface area contributed by atoms with Gasteiger partial charge in [-0.15, -0.1) is 0 Å². The van der Waals surface area contributed by atoms with Crippen molar-refractivity contribution in [2.24, 2.45) is 0 Å². The number of aromatic nitrogens is 1. The standard InChI is InChI=1S/C16H18N2O3/c1-12(21-11-13-6-4-3-5-7-13)16(19)18-14-8-9-15(20-2)17-10-14/h3-10,12H,11H2,1-2H3,(H,18,19). The van der Waals surface area contributed by atoms with Crippen LogP contribution in [0.3, 0.4) is 0 Å². The summed E-state index contributed by atoms with van der Waals surface area (Å²) in [7, 11) is 1.54. The predicted molar refractivity (Wildman–Crippen MR) is 80.1 cm³/mol. The molecule has 0 spiro atoms. The van der Waals surface area contributed by atoms with E-state index < -0.39 is 6.10 Å². The first kappa shape index (κ1) is 15.0. The van der Waals surface area contributed by atoms with Crippen molar-refractivity contribution in [2.45, 2.75) is 19.6 Å². The smallest absolute Gasteiger partial charge is 0.253 e. The fourth-order valence-corrected chi connectivity index (χ4v) is 1.69. The molecule has 21 heavy (non-hydrogen) atoms. The van der Waals surface area contributed by atoms with Crippen molar-refractivity contribution < 1.29 is 14.3 Å². The normalized spacial score (nSPS) is 11.7. The number of hydrogen-bond donors (Lipinski definition) is 1. The number of methoxy groups -OCH3 is 1. The van der Waals surface area contributed by atoms with E-state index in [9.17, 15) is 4.79 Å². The van der Waals surface area contributed by atoms with E-state index in [2.05, 4.69) is 10.3 Å². The Morgan fingerprint density at radius 2 is 2.00 bits per heavy atom. The topological polar surface area (TPSA) is 60.5 Å². The van der Waals surface area contributed by atoms with Gasteiger partial charge in [-0.25, -0.2) is 4.98 Å². The number of hydrogen-bond acceptors (Lipinski definition) is 4. The van der Waals surface area contributed by atoms with E-state index in [-0.39, 0.29) is 5.91 Å². The summed E-state index contributed by atoms with van der Waals surface area (Å²) in [5, 5.41) is 2.75. The van der Waals surface area contributed by atoms with Crippen LogP contribution in [0.1, 0.15) is 12.5 Å². The molecule has 1 amide bonds. The molecule has 0 fully saturated rings. The Bertz CT molecular complexity index is 570. The van der Waals surface area contributed by atoms with Crippen molar-refractivity contribution in [1.29, 1.82) is 0 Å². The summed E-state index contributed by atoms with van der Waals surface area (Å²) in [5.74, 6) is 0.291. The zero-order chi connectivity index (χ0) is 15.1.